The van der Waals surface area contributed by atoms with Crippen molar-refractivity contribution in [3.05, 3.63) is 68.7 Å². The number of halogens is 3. The quantitative estimate of drug-likeness (QED) is 0.651. The summed E-state index contributed by atoms with van der Waals surface area (Å²) in [4.78, 5) is 12.7. The van der Waals surface area contributed by atoms with Crippen LogP contribution in [0, 0.1) is 0 Å². The Kier molecular flexibility index (Phi) is 4.44. The zero-order valence-corrected chi connectivity index (χ0v) is 14.3. The van der Waals surface area contributed by atoms with Gasteiger partial charge < -0.3 is 0 Å². The molecule has 0 saturated carbocycles. The van der Waals surface area contributed by atoms with E-state index in [0.29, 0.717) is 32.0 Å². The third kappa shape index (κ3) is 3.13. The standard InChI is InChI=1S/C17H11Cl3N2O/c1-10-13(8-11-4-2-3-5-14(11)19)17(23)22(21-10)16-7-6-12(18)9-15(16)20/h2-9H,1H3. The Balaban J connectivity index is 2.00. The van der Waals surface area contributed by atoms with Crippen molar-refractivity contribution in [3.63, 3.8) is 0 Å². The van der Waals surface area contributed by atoms with Crippen LogP contribution in [0.4, 0.5) is 5.69 Å². The van der Waals surface area contributed by atoms with Gasteiger partial charge in [0.1, 0.15) is 0 Å². The minimum Gasteiger partial charge on any atom is -0.267 e. The number of hydrogen-bond acceptors (Lipinski definition) is 2. The minimum atomic E-state index is -0.258. The zero-order valence-electron chi connectivity index (χ0n) is 12.1. The lowest BCUT2D eigenvalue weighted by Gasteiger charge is -2.13. The van der Waals surface area contributed by atoms with Crippen LogP contribution < -0.4 is 5.01 Å². The van der Waals surface area contributed by atoms with Crippen molar-refractivity contribution in [3.8, 4) is 0 Å². The second-order valence-electron chi connectivity index (χ2n) is 4.98. The van der Waals surface area contributed by atoms with Crippen molar-refractivity contribution in [1.82, 2.24) is 0 Å². The predicted molar refractivity (Wildman–Crippen MR) is 96.5 cm³/mol. The van der Waals surface area contributed by atoms with Crippen LogP contribution in [0.1, 0.15) is 12.5 Å². The van der Waals surface area contributed by atoms with Crippen LogP contribution in [0.25, 0.3) is 6.08 Å². The van der Waals surface area contributed by atoms with E-state index in [9.17, 15) is 4.79 Å². The number of hydrogen-bond donors (Lipinski definition) is 0. The molecule has 2 aromatic rings. The number of nitrogens with zero attached hydrogens (tertiary/aromatic N) is 2. The van der Waals surface area contributed by atoms with Crippen LogP contribution in [-0.2, 0) is 4.79 Å². The molecule has 0 spiro atoms. The molecule has 0 aromatic heterocycles. The number of hydrazone groups is 1. The smallest absolute Gasteiger partial charge is 0.267 e. The van der Waals surface area contributed by atoms with Gasteiger partial charge in [-0.3, -0.25) is 4.79 Å². The number of rotatable bonds is 2. The van der Waals surface area contributed by atoms with Gasteiger partial charge in [0, 0.05) is 10.0 Å². The number of amides is 1. The van der Waals surface area contributed by atoms with Gasteiger partial charge >= 0.3 is 0 Å². The van der Waals surface area contributed by atoms with E-state index in [1.165, 1.54) is 5.01 Å². The third-order valence-corrected chi connectivity index (χ3v) is 4.29. The first-order valence-corrected chi connectivity index (χ1v) is 7.92. The highest BCUT2D eigenvalue weighted by molar-refractivity contribution is 6.39. The molecule has 0 N–H and O–H groups in total. The number of carbonyl (C=O) groups is 1. The fourth-order valence-corrected chi connectivity index (χ4v) is 2.93. The van der Waals surface area contributed by atoms with Gasteiger partial charge in [-0.1, -0.05) is 53.0 Å². The van der Waals surface area contributed by atoms with Crippen molar-refractivity contribution in [1.29, 1.82) is 0 Å². The Morgan fingerprint density at radius 1 is 1.04 bits per heavy atom. The summed E-state index contributed by atoms with van der Waals surface area (Å²) < 4.78 is 0. The summed E-state index contributed by atoms with van der Waals surface area (Å²) in [5.41, 5.74) is 2.32. The highest BCUT2D eigenvalue weighted by Gasteiger charge is 2.30. The third-order valence-electron chi connectivity index (χ3n) is 3.41. The summed E-state index contributed by atoms with van der Waals surface area (Å²) in [5, 5.41) is 7.01. The highest BCUT2D eigenvalue weighted by atomic mass is 35.5. The molecule has 3 nitrogen and oxygen atoms in total. The molecular formula is C17H11Cl3N2O. The summed E-state index contributed by atoms with van der Waals surface area (Å²) in [7, 11) is 0. The van der Waals surface area contributed by atoms with Gasteiger partial charge in [0.2, 0.25) is 0 Å². The van der Waals surface area contributed by atoms with E-state index in [2.05, 4.69) is 5.10 Å². The topological polar surface area (TPSA) is 32.7 Å². The Morgan fingerprint density at radius 3 is 2.48 bits per heavy atom. The van der Waals surface area contributed by atoms with Crippen molar-refractivity contribution in [2.45, 2.75) is 6.92 Å². The monoisotopic (exact) mass is 364 g/mol. The summed E-state index contributed by atoms with van der Waals surface area (Å²) in [6.07, 6.45) is 1.73. The molecule has 1 aliphatic rings. The van der Waals surface area contributed by atoms with E-state index in [1.807, 2.05) is 18.2 Å². The van der Waals surface area contributed by atoms with E-state index in [0.717, 1.165) is 5.56 Å². The fraction of sp³-hybridized carbons (Fsp3) is 0.0588. The first kappa shape index (κ1) is 16.1. The average molecular weight is 366 g/mol. The molecule has 23 heavy (non-hydrogen) atoms. The molecule has 0 radical (unpaired) electrons. The maximum Gasteiger partial charge on any atom is 0.280 e. The van der Waals surface area contributed by atoms with Crippen LogP contribution in [-0.4, -0.2) is 11.6 Å². The Labute approximate surface area is 148 Å². The van der Waals surface area contributed by atoms with Gasteiger partial charge in [-0.2, -0.15) is 10.1 Å². The molecule has 0 unspecified atom stereocenters. The van der Waals surface area contributed by atoms with E-state index < -0.39 is 0 Å². The van der Waals surface area contributed by atoms with Gasteiger partial charge in [-0.15, -0.1) is 0 Å². The molecule has 1 heterocycles. The van der Waals surface area contributed by atoms with Crippen molar-refractivity contribution < 1.29 is 4.79 Å². The van der Waals surface area contributed by atoms with Crippen LogP contribution in [0.2, 0.25) is 15.1 Å². The van der Waals surface area contributed by atoms with E-state index in [4.69, 9.17) is 34.8 Å². The lowest BCUT2D eigenvalue weighted by molar-refractivity contribution is -0.114. The molecule has 116 valence electrons. The van der Waals surface area contributed by atoms with Crippen molar-refractivity contribution >= 4 is 58.2 Å². The SMILES string of the molecule is CC1=NN(c2ccc(Cl)cc2Cl)C(=O)C1=Cc1ccccc1Cl. The molecule has 2 aromatic carbocycles. The molecule has 6 heteroatoms. The van der Waals surface area contributed by atoms with Gasteiger partial charge in [-0.05, 0) is 42.8 Å². The van der Waals surface area contributed by atoms with Gasteiger partial charge in [0.05, 0.1) is 22.0 Å². The number of anilines is 1. The molecule has 0 atom stereocenters. The molecule has 0 saturated heterocycles. The lowest BCUT2D eigenvalue weighted by Crippen LogP contribution is -2.21. The first-order valence-electron chi connectivity index (χ1n) is 6.78. The molecular weight excluding hydrogens is 355 g/mol. The molecule has 0 aliphatic carbocycles. The van der Waals surface area contributed by atoms with Gasteiger partial charge in [0.25, 0.3) is 5.91 Å². The van der Waals surface area contributed by atoms with E-state index in [-0.39, 0.29) is 5.91 Å². The Morgan fingerprint density at radius 2 is 1.78 bits per heavy atom. The minimum absolute atomic E-state index is 0.258. The van der Waals surface area contributed by atoms with Crippen LogP contribution in [0.5, 0.6) is 0 Å². The summed E-state index contributed by atoms with van der Waals surface area (Å²) in [6.45, 7) is 1.77. The fourth-order valence-electron chi connectivity index (χ4n) is 2.25. The van der Waals surface area contributed by atoms with E-state index in [1.54, 1.807) is 37.3 Å². The molecule has 3 rings (SSSR count). The maximum absolute atomic E-state index is 12.7. The van der Waals surface area contributed by atoms with E-state index >= 15 is 0 Å². The summed E-state index contributed by atoms with van der Waals surface area (Å²) >= 11 is 18.2. The largest absolute Gasteiger partial charge is 0.280 e. The predicted octanol–water partition coefficient (Wildman–Crippen LogP) is 5.45. The molecule has 0 bridgehead atoms. The van der Waals surface area contributed by atoms with Crippen molar-refractivity contribution in [2.75, 3.05) is 5.01 Å². The lowest BCUT2D eigenvalue weighted by atomic mass is 10.1. The Hall–Kier alpha value is -1.81. The van der Waals surface area contributed by atoms with Crippen LogP contribution in [0.15, 0.2) is 53.1 Å². The number of benzene rings is 2. The van der Waals surface area contributed by atoms with Crippen molar-refractivity contribution in [2.24, 2.45) is 5.10 Å². The summed E-state index contributed by atoms with van der Waals surface area (Å²) in [6, 6.07) is 12.2. The van der Waals surface area contributed by atoms with Gasteiger partial charge in [-0.25, -0.2) is 0 Å². The molecule has 0 fully saturated rings. The zero-order chi connectivity index (χ0) is 16.6. The summed E-state index contributed by atoms with van der Waals surface area (Å²) in [5.74, 6) is -0.258. The van der Waals surface area contributed by atoms with Gasteiger partial charge in [0.15, 0.2) is 0 Å². The molecule has 1 amide bonds. The molecule has 1 aliphatic heterocycles. The normalized spacial score (nSPS) is 16.2. The number of carbonyl (C=O) groups excluding carboxylic acids is 1. The Bertz CT molecular complexity index is 859. The maximum atomic E-state index is 12.7. The van der Waals surface area contributed by atoms with Crippen LogP contribution in [0.3, 0.4) is 0 Å². The van der Waals surface area contributed by atoms with Crippen LogP contribution >= 0.6 is 34.8 Å². The highest BCUT2D eigenvalue weighted by Crippen LogP contribution is 2.33. The first-order chi connectivity index (χ1) is 11.0. The second kappa shape index (κ2) is 6.36. The second-order valence-corrected chi connectivity index (χ2v) is 6.23. The average Bonchev–Trinajstić information content (AvgIpc) is 2.77.